The first-order chi connectivity index (χ1) is 8.61. The van der Waals surface area contributed by atoms with E-state index in [2.05, 4.69) is 10.3 Å². The van der Waals surface area contributed by atoms with Gasteiger partial charge >= 0.3 is 0 Å². The first-order valence-electron chi connectivity index (χ1n) is 5.42. The number of ether oxygens (including phenoxy) is 1. The van der Waals surface area contributed by atoms with E-state index in [0.717, 1.165) is 16.9 Å². The number of nitrogens with zero attached hydrogens (tertiary/aromatic N) is 1. The number of hydrogen-bond acceptors (Lipinski definition) is 4. The molecule has 0 amide bonds. The van der Waals surface area contributed by atoms with Gasteiger partial charge in [0, 0.05) is 17.3 Å². The lowest BCUT2D eigenvalue weighted by molar-refractivity contribution is 0.417. The molecular formula is C13H14ClN3O. The Kier molecular flexibility index (Phi) is 3.58. The number of aryl methyl sites for hydroxylation is 1. The first-order valence-corrected chi connectivity index (χ1v) is 5.80. The Balaban J connectivity index is 2.40. The molecule has 5 heteroatoms. The molecule has 1 aromatic carbocycles. The molecule has 18 heavy (non-hydrogen) atoms. The van der Waals surface area contributed by atoms with Gasteiger partial charge in [-0.25, -0.2) is 0 Å². The maximum atomic E-state index is 6.06. The highest BCUT2D eigenvalue weighted by Crippen LogP contribution is 2.34. The molecule has 0 saturated heterocycles. The fourth-order valence-corrected chi connectivity index (χ4v) is 1.75. The van der Waals surface area contributed by atoms with Gasteiger partial charge in [-0.3, -0.25) is 4.98 Å². The predicted molar refractivity (Wildman–Crippen MR) is 74.7 cm³/mol. The number of aromatic nitrogens is 1. The van der Waals surface area contributed by atoms with E-state index in [-0.39, 0.29) is 0 Å². The second-order valence-electron chi connectivity index (χ2n) is 3.89. The molecule has 1 aromatic heterocycles. The molecule has 2 rings (SSSR count). The van der Waals surface area contributed by atoms with Crippen molar-refractivity contribution in [1.82, 2.24) is 4.98 Å². The summed E-state index contributed by atoms with van der Waals surface area (Å²) in [5.74, 6) is 0.668. The highest BCUT2D eigenvalue weighted by Gasteiger charge is 2.08. The van der Waals surface area contributed by atoms with Crippen molar-refractivity contribution in [3.05, 3.63) is 41.2 Å². The maximum absolute atomic E-state index is 6.06. The molecule has 0 bridgehead atoms. The Morgan fingerprint density at radius 2 is 2.11 bits per heavy atom. The normalized spacial score (nSPS) is 10.2. The summed E-state index contributed by atoms with van der Waals surface area (Å²) in [7, 11) is 1.60. The minimum atomic E-state index is 0.576. The SMILES string of the molecule is COc1cc(Cl)c(C)cc1Nc1ccncc1N. The summed E-state index contributed by atoms with van der Waals surface area (Å²) in [6, 6.07) is 5.50. The van der Waals surface area contributed by atoms with Crippen molar-refractivity contribution in [3.63, 3.8) is 0 Å². The average molecular weight is 264 g/mol. The number of halogens is 1. The van der Waals surface area contributed by atoms with Crippen LogP contribution in [0.4, 0.5) is 17.1 Å². The van der Waals surface area contributed by atoms with Crippen molar-refractivity contribution in [2.24, 2.45) is 0 Å². The number of rotatable bonds is 3. The minimum Gasteiger partial charge on any atom is -0.495 e. The van der Waals surface area contributed by atoms with E-state index >= 15 is 0 Å². The second-order valence-corrected chi connectivity index (χ2v) is 4.30. The zero-order valence-corrected chi connectivity index (χ0v) is 11.0. The van der Waals surface area contributed by atoms with Crippen molar-refractivity contribution in [2.45, 2.75) is 6.92 Å². The molecule has 2 aromatic rings. The molecular weight excluding hydrogens is 250 g/mol. The summed E-state index contributed by atoms with van der Waals surface area (Å²) in [5, 5.41) is 3.88. The van der Waals surface area contributed by atoms with Crippen molar-refractivity contribution < 1.29 is 4.74 Å². The van der Waals surface area contributed by atoms with Gasteiger partial charge in [0.05, 0.1) is 30.4 Å². The first kappa shape index (κ1) is 12.5. The Morgan fingerprint density at radius 3 is 2.78 bits per heavy atom. The van der Waals surface area contributed by atoms with Crippen LogP contribution in [0.25, 0.3) is 0 Å². The summed E-state index contributed by atoms with van der Waals surface area (Å²) in [6.45, 7) is 1.93. The standard InChI is InChI=1S/C13H14ClN3O/c1-8-5-12(13(18-2)6-9(8)14)17-11-3-4-16-7-10(11)15/h3-7H,15H2,1-2H3,(H,16,17). The van der Waals surface area contributed by atoms with Crippen LogP contribution in [0, 0.1) is 6.92 Å². The Labute approximate surface area is 111 Å². The number of methoxy groups -OCH3 is 1. The molecule has 4 nitrogen and oxygen atoms in total. The molecule has 0 spiro atoms. The molecule has 0 radical (unpaired) electrons. The maximum Gasteiger partial charge on any atom is 0.143 e. The van der Waals surface area contributed by atoms with Gasteiger partial charge in [0.15, 0.2) is 0 Å². The molecule has 1 heterocycles. The summed E-state index contributed by atoms with van der Waals surface area (Å²) in [6.07, 6.45) is 3.27. The zero-order chi connectivity index (χ0) is 13.1. The number of nitrogen functional groups attached to an aromatic ring is 1. The summed E-state index contributed by atoms with van der Waals surface area (Å²) >= 11 is 6.06. The lowest BCUT2D eigenvalue weighted by Gasteiger charge is -2.14. The van der Waals surface area contributed by atoms with E-state index in [1.165, 1.54) is 0 Å². The van der Waals surface area contributed by atoms with E-state index in [4.69, 9.17) is 22.1 Å². The fraction of sp³-hybridized carbons (Fsp3) is 0.154. The van der Waals surface area contributed by atoms with Gasteiger partial charge < -0.3 is 15.8 Å². The third-order valence-electron chi connectivity index (χ3n) is 2.60. The molecule has 0 fully saturated rings. The van der Waals surface area contributed by atoms with Gasteiger partial charge in [-0.2, -0.15) is 0 Å². The van der Waals surface area contributed by atoms with Crippen LogP contribution < -0.4 is 15.8 Å². The van der Waals surface area contributed by atoms with Crippen molar-refractivity contribution in [1.29, 1.82) is 0 Å². The minimum absolute atomic E-state index is 0.576. The van der Waals surface area contributed by atoms with Crippen LogP contribution in [0.15, 0.2) is 30.6 Å². The third kappa shape index (κ3) is 2.49. The number of anilines is 3. The van der Waals surface area contributed by atoms with Crippen LogP contribution in [0.3, 0.4) is 0 Å². The van der Waals surface area contributed by atoms with Crippen LogP contribution in [0.1, 0.15) is 5.56 Å². The average Bonchev–Trinajstić information content (AvgIpc) is 2.36. The van der Waals surface area contributed by atoms with Gasteiger partial charge in [-0.15, -0.1) is 0 Å². The van der Waals surface area contributed by atoms with Crippen molar-refractivity contribution in [3.8, 4) is 5.75 Å². The number of nitrogens with two attached hydrogens (primary N) is 1. The van der Waals surface area contributed by atoms with E-state index in [1.54, 1.807) is 31.6 Å². The van der Waals surface area contributed by atoms with Gasteiger partial charge in [-0.1, -0.05) is 11.6 Å². The number of pyridine rings is 1. The number of benzene rings is 1. The van der Waals surface area contributed by atoms with Gasteiger partial charge in [0.2, 0.25) is 0 Å². The van der Waals surface area contributed by atoms with Crippen LogP contribution in [-0.4, -0.2) is 12.1 Å². The Bertz CT molecular complexity index is 572. The summed E-state index contributed by atoms with van der Waals surface area (Å²) < 4.78 is 5.29. The van der Waals surface area contributed by atoms with Crippen LogP contribution in [0.2, 0.25) is 5.02 Å². The predicted octanol–water partition coefficient (Wildman–Crippen LogP) is 3.38. The number of hydrogen-bond donors (Lipinski definition) is 2. The van der Waals surface area contributed by atoms with Crippen LogP contribution in [-0.2, 0) is 0 Å². The third-order valence-corrected chi connectivity index (χ3v) is 3.01. The van der Waals surface area contributed by atoms with Gasteiger partial charge in [-0.05, 0) is 24.6 Å². The van der Waals surface area contributed by atoms with E-state index in [9.17, 15) is 0 Å². The number of nitrogens with one attached hydrogen (secondary N) is 1. The quantitative estimate of drug-likeness (QED) is 0.891. The summed E-state index contributed by atoms with van der Waals surface area (Å²) in [5.41, 5.74) is 8.98. The van der Waals surface area contributed by atoms with E-state index in [1.807, 2.05) is 13.0 Å². The van der Waals surface area contributed by atoms with Crippen molar-refractivity contribution >= 4 is 28.7 Å². The van der Waals surface area contributed by atoms with Crippen molar-refractivity contribution in [2.75, 3.05) is 18.2 Å². The molecule has 0 aliphatic heterocycles. The highest BCUT2D eigenvalue weighted by molar-refractivity contribution is 6.31. The lowest BCUT2D eigenvalue weighted by Crippen LogP contribution is -1.99. The molecule has 0 saturated carbocycles. The molecule has 0 aliphatic carbocycles. The zero-order valence-electron chi connectivity index (χ0n) is 10.2. The largest absolute Gasteiger partial charge is 0.495 e. The van der Waals surface area contributed by atoms with Gasteiger partial charge in [0.25, 0.3) is 0 Å². The van der Waals surface area contributed by atoms with E-state index in [0.29, 0.717) is 16.5 Å². The molecule has 0 aliphatic rings. The van der Waals surface area contributed by atoms with Crippen LogP contribution >= 0.6 is 11.6 Å². The second kappa shape index (κ2) is 5.14. The molecule has 0 unspecified atom stereocenters. The molecule has 3 N–H and O–H groups in total. The molecule has 0 atom stereocenters. The monoisotopic (exact) mass is 263 g/mol. The Morgan fingerprint density at radius 1 is 1.33 bits per heavy atom. The summed E-state index contributed by atoms with van der Waals surface area (Å²) in [4.78, 5) is 3.94. The van der Waals surface area contributed by atoms with E-state index < -0.39 is 0 Å². The topological polar surface area (TPSA) is 60.2 Å². The highest BCUT2D eigenvalue weighted by atomic mass is 35.5. The van der Waals surface area contributed by atoms with Gasteiger partial charge in [0.1, 0.15) is 5.75 Å². The molecule has 94 valence electrons. The Hall–Kier alpha value is -1.94. The lowest BCUT2D eigenvalue weighted by atomic mass is 10.2. The smallest absolute Gasteiger partial charge is 0.143 e. The van der Waals surface area contributed by atoms with Crippen LogP contribution in [0.5, 0.6) is 5.75 Å². The fourth-order valence-electron chi connectivity index (χ4n) is 1.60.